The number of pyridine rings is 1. The van der Waals surface area contributed by atoms with Crippen LogP contribution in [0, 0.1) is 6.92 Å². The fraction of sp³-hybridized carbons (Fsp3) is 0.143. The molecule has 1 aromatic heterocycles. The fourth-order valence-electron chi connectivity index (χ4n) is 2.23. The Morgan fingerprint density at radius 3 is 2.88 bits per heavy atom. The zero-order valence-corrected chi connectivity index (χ0v) is 9.53. The molecule has 2 aromatic rings. The summed E-state index contributed by atoms with van der Waals surface area (Å²) in [4.78, 5) is 15.8. The summed E-state index contributed by atoms with van der Waals surface area (Å²) < 4.78 is 0. The van der Waals surface area contributed by atoms with Crippen LogP contribution in [0.5, 0.6) is 0 Å². The van der Waals surface area contributed by atoms with Crippen molar-refractivity contribution in [1.29, 1.82) is 0 Å². The molecule has 0 bridgehead atoms. The molecule has 84 valence electrons. The molecular weight excluding hydrogens is 212 g/mol. The zero-order chi connectivity index (χ0) is 11.8. The number of amides is 1. The first kappa shape index (κ1) is 10.0. The number of carbonyl (C=O) groups is 1. The molecule has 1 N–H and O–H groups in total. The monoisotopic (exact) mass is 224 g/mol. The largest absolute Gasteiger partial charge is 0.348 e. The van der Waals surface area contributed by atoms with E-state index in [1.165, 1.54) is 0 Å². The molecule has 0 fully saturated rings. The topological polar surface area (TPSA) is 42.0 Å². The second-order valence-electron chi connectivity index (χ2n) is 4.27. The molecular formula is C14H12N2O. The lowest BCUT2D eigenvalue weighted by Crippen LogP contribution is -2.12. The highest BCUT2D eigenvalue weighted by molar-refractivity contribution is 6.00. The highest BCUT2D eigenvalue weighted by Crippen LogP contribution is 2.28. The van der Waals surface area contributed by atoms with Gasteiger partial charge in [0.15, 0.2) is 0 Å². The van der Waals surface area contributed by atoms with Gasteiger partial charge in [0.1, 0.15) is 0 Å². The standard InChI is InChI=1S/C14H12N2O/c1-9-5-10(7-15-6-9)11-3-2-4-12-13(11)8-16-14(12)17/h2-7H,8H2,1H3,(H,16,17). The molecule has 0 aliphatic carbocycles. The van der Waals surface area contributed by atoms with Gasteiger partial charge in [0.25, 0.3) is 5.91 Å². The van der Waals surface area contributed by atoms with Crippen molar-refractivity contribution >= 4 is 5.91 Å². The van der Waals surface area contributed by atoms with Gasteiger partial charge in [-0.15, -0.1) is 0 Å². The van der Waals surface area contributed by atoms with Crippen molar-refractivity contribution in [1.82, 2.24) is 10.3 Å². The van der Waals surface area contributed by atoms with Gasteiger partial charge in [0, 0.05) is 30.1 Å². The van der Waals surface area contributed by atoms with Crippen LogP contribution in [0.15, 0.2) is 36.7 Å². The zero-order valence-electron chi connectivity index (χ0n) is 9.53. The van der Waals surface area contributed by atoms with Crippen LogP contribution in [-0.2, 0) is 6.54 Å². The van der Waals surface area contributed by atoms with Crippen molar-refractivity contribution in [2.75, 3.05) is 0 Å². The van der Waals surface area contributed by atoms with E-state index >= 15 is 0 Å². The molecule has 1 aliphatic rings. The number of nitrogens with one attached hydrogen (secondary N) is 1. The molecule has 0 atom stereocenters. The van der Waals surface area contributed by atoms with Crippen molar-refractivity contribution in [3.8, 4) is 11.1 Å². The van der Waals surface area contributed by atoms with Crippen molar-refractivity contribution in [2.45, 2.75) is 13.5 Å². The SMILES string of the molecule is Cc1cncc(-c2cccc3c2CNC3=O)c1. The number of hydrogen-bond donors (Lipinski definition) is 1. The van der Waals surface area contributed by atoms with Gasteiger partial charge in [-0.05, 0) is 35.7 Å². The Morgan fingerprint density at radius 1 is 1.24 bits per heavy atom. The molecule has 0 unspecified atom stereocenters. The summed E-state index contributed by atoms with van der Waals surface area (Å²) in [6, 6.07) is 7.91. The Balaban J connectivity index is 2.20. The van der Waals surface area contributed by atoms with Crippen LogP contribution < -0.4 is 5.32 Å². The molecule has 0 radical (unpaired) electrons. The average Bonchev–Trinajstić information content (AvgIpc) is 2.71. The summed E-state index contributed by atoms with van der Waals surface area (Å²) in [7, 11) is 0. The van der Waals surface area contributed by atoms with Crippen molar-refractivity contribution < 1.29 is 4.79 Å². The van der Waals surface area contributed by atoms with Gasteiger partial charge >= 0.3 is 0 Å². The molecule has 3 nitrogen and oxygen atoms in total. The summed E-state index contributed by atoms with van der Waals surface area (Å²) in [6.07, 6.45) is 3.67. The molecule has 3 rings (SSSR count). The Bertz CT molecular complexity index is 605. The number of hydrogen-bond acceptors (Lipinski definition) is 2. The second-order valence-corrected chi connectivity index (χ2v) is 4.27. The molecule has 1 aliphatic heterocycles. The van der Waals surface area contributed by atoms with Crippen molar-refractivity contribution in [3.05, 3.63) is 53.3 Å². The van der Waals surface area contributed by atoms with E-state index in [2.05, 4.69) is 16.4 Å². The molecule has 2 heterocycles. The van der Waals surface area contributed by atoms with Crippen molar-refractivity contribution in [2.24, 2.45) is 0 Å². The highest BCUT2D eigenvalue weighted by atomic mass is 16.1. The smallest absolute Gasteiger partial charge is 0.251 e. The Labute approximate surface area is 99.5 Å². The Kier molecular flexibility index (Phi) is 2.18. The summed E-state index contributed by atoms with van der Waals surface area (Å²) in [5, 5.41) is 2.85. The molecule has 1 aromatic carbocycles. The van der Waals surface area contributed by atoms with Gasteiger partial charge in [-0.3, -0.25) is 9.78 Å². The van der Waals surface area contributed by atoms with E-state index < -0.39 is 0 Å². The Morgan fingerprint density at radius 2 is 2.06 bits per heavy atom. The number of benzene rings is 1. The van der Waals surface area contributed by atoms with Crippen LogP contribution in [0.25, 0.3) is 11.1 Å². The Hall–Kier alpha value is -2.16. The van der Waals surface area contributed by atoms with E-state index in [4.69, 9.17) is 0 Å². The number of carbonyl (C=O) groups excluding carboxylic acids is 1. The number of nitrogens with zero attached hydrogens (tertiary/aromatic N) is 1. The van der Waals surface area contributed by atoms with E-state index in [9.17, 15) is 4.79 Å². The molecule has 0 spiro atoms. The summed E-state index contributed by atoms with van der Waals surface area (Å²) >= 11 is 0. The predicted molar refractivity (Wildman–Crippen MR) is 65.6 cm³/mol. The van der Waals surface area contributed by atoms with Crippen LogP contribution in [0.1, 0.15) is 21.5 Å². The minimum absolute atomic E-state index is 0.0162. The number of aryl methyl sites for hydroxylation is 1. The first-order valence-corrected chi connectivity index (χ1v) is 5.58. The maximum atomic E-state index is 11.6. The first-order valence-electron chi connectivity index (χ1n) is 5.58. The third kappa shape index (κ3) is 1.60. The quantitative estimate of drug-likeness (QED) is 0.807. The van der Waals surface area contributed by atoms with Gasteiger partial charge in [0.2, 0.25) is 0 Å². The summed E-state index contributed by atoms with van der Waals surface area (Å²) in [6.45, 7) is 2.63. The summed E-state index contributed by atoms with van der Waals surface area (Å²) in [5.41, 5.74) is 5.14. The number of rotatable bonds is 1. The lowest BCUT2D eigenvalue weighted by Gasteiger charge is -2.07. The molecule has 3 heteroatoms. The minimum Gasteiger partial charge on any atom is -0.348 e. The van der Waals surface area contributed by atoms with E-state index in [1.54, 1.807) is 0 Å². The second kappa shape index (κ2) is 3.70. The van der Waals surface area contributed by atoms with Crippen LogP contribution in [0.2, 0.25) is 0 Å². The molecule has 1 amide bonds. The van der Waals surface area contributed by atoms with Crippen LogP contribution in [0.4, 0.5) is 0 Å². The fourth-order valence-corrected chi connectivity index (χ4v) is 2.23. The maximum absolute atomic E-state index is 11.6. The van der Waals surface area contributed by atoms with Gasteiger partial charge in [-0.2, -0.15) is 0 Å². The average molecular weight is 224 g/mol. The van der Waals surface area contributed by atoms with E-state index in [-0.39, 0.29) is 5.91 Å². The van der Waals surface area contributed by atoms with Gasteiger partial charge < -0.3 is 5.32 Å². The van der Waals surface area contributed by atoms with E-state index in [1.807, 2.05) is 37.5 Å². The molecule has 0 saturated heterocycles. The van der Waals surface area contributed by atoms with E-state index in [0.29, 0.717) is 6.54 Å². The third-order valence-corrected chi connectivity index (χ3v) is 3.03. The maximum Gasteiger partial charge on any atom is 0.251 e. The number of aromatic nitrogens is 1. The van der Waals surface area contributed by atoms with E-state index in [0.717, 1.165) is 27.8 Å². The number of fused-ring (bicyclic) bond motifs is 1. The highest BCUT2D eigenvalue weighted by Gasteiger charge is 2.21. The van der Waals surface area contributed by atoms with Gasteiger partial charge in [-0.1, -0.05) is 12.1 Å². The summed E-state index contributed by atoms with van der Waals surface area (Å²) in [5.74, 6) is 0.0162. The van der Waals surface area contributed by atoms with Gasteiger partial charge in [0.05, 0.1) is 0 Å². The molecule has 17 heavy (non-hydrogen) atoms. The molecule has 0 saturated carbocycles. The van der Waals surface area contributed by atoms with Crippen LogP contribution in [-0.4, -0.2) is 10.9 Å². The van der Waals surface area contributed by atoms with Crippen LogP contribution >= 0.6 is 0 Å². The van der Waals surface area contributed by atoms with Crippen LogP contribution in [0.3, 0.4) is 0 Å². The van der Waals surface area contributed by atoms with Gasteiger partial charge in [-0.25, -0.2) is 0 Å². The van der Waals surface area contributed by atoms with Crippen molar-refractivity contribution in [3.63, 3.8) is 0 Å². The lowest BCUT2D eigenvalue weighted by atomic mass is 9.97. The normalized spacial score (nSPS) is 13.4. The minimum atomic E-state index is 0.0162. The lowest BCUT2D eigenvalue weighted by molar-refractivity contribution is 0.0966. The predicted octanol–water partition coefficient (Wildman–Crippen LogP) is 2.30. The third-order valence-electron chi connectivity index (χ3n) is 3.03. The first-order chi connectivity index (χ1) is 8.25.